The molecule has 0 bridgehead atoms. The van der Waals surface area contributed by atoms with E-state index in [1.54, 1.807) is 21.9 Å². The molecule has 0 aliphatic carbocycles. The van der Waals surface area contributed by atoms with Gasteiger partial charge in [0.25, 0.3) is 5.91 Å². The zero-order valence-corrected chi connectivity index (χ0v) is 12.5. The first-order chi connectivity index (χ1) is 9.99. The van der Waals surface area contributed by atoms with Gasteiger partial charge in [-0.15, -0.1) is 0 Å². The number of carbonyl (C=O) groups excluding carboxylic acids is 2. The Morgan fingerprint density at radius 3 is 2.62 bits per heavy atom. The van der Waals surface area contributed by atoms with Crippen molar-refractivity contribution < 1.29 is 14.0 Å². The maximum atomic E-state index is 13.7. The predicted octanol–water partition coefficient (Wildman–Crippen LogP) is 2.16. The molecule has 0 saturated carbocycles. The van der Waals surface area contributed by atoms with Crippen molar-refractivity contribution >= 4 is 11.8 Å². The summed E-state index contributed by atoms with van der Waals surface area (Å²) in [5.41, 5.74) is 0.0715. The molecule has 1 fully saturated rings. The molecule has 0 atom stereocenters. The Balaban J connectivity index is 2.07. The lowest BCUT2D eigenvalue weighted by molar-refractivity contribution is -0.130. The number of halogens is 1. The van der Waals surface area contributed by atoms with E-state index in [9.17, 15) is 14.0 Å². The quantitative estimate of drug-likeness (QED) is 0.856. The molecule has 1 aliphatic heterocycles. The lowest BCUT2D eigenvalue weighted by atomic mass is 10.2. The van der Waals surface area contributed by atoms with Crippen molar-refractivity contribution in [2.45, 2.75) is 20.3 Å². The number of benzene rings is 1. The molecule has 0 spiro atoms. The third kappa shape index (κ3) is 3.80. The summed E-state index contributed by atoms with van der Waals surface area (Å²) < 4.78 is 13.7. The second kappa shape index (κ2) is 6.70. The van der Waals surface area contributed by atoms with Gasteiger partial charge in [-0.3, -0.25) is 9.59 Å². The van der Waals surface area contributed by atoms with Gasteiger partial charge in [0.1, 0.15) is 5.82 Å². The number of rotatable bonds is 3. The van der Waals surface area contributed by atoms with Gasteiger partial charge in [-0.1, -0.05) is 26.0 Å². The van der Waals surface area contributed by atoms with Gasteiger partial charge in [-0.25, -0.2) is 4.39 Å². The van der Waals surface area contributed by atoms with Crippen LogP contribution in [0.4, 0.5) is 4.39 Å². The Morgan fingerprint density at radius 1 is 1.24 bits per heavy atom. The smallest absolute Gasteiger partial charge is 0.256 e. The minimum atomic E-state index is -0.517. The molecule has 21 heavy (non-hydrogen) atoms. The summed E-state index contributed by atoms with van der Waals surface area (Å²) >= 11 is 0. The van der Waals surface area contributed by atoms with Gasteiger partial charge in [0.15, 0.2) is 0 Å². The summed E-state index contributed by atoms with van der Waals surface area (Å²) in [5, 5.41) is 0. The maximum absolute atomic E-state index is 13.7. The summed E-state index contributed by atoms with van der Waals surface area (Å²) in [7, 11) is 0. The Hall–Kier alpha value is -1.91. The highest BCUT2D eigenvalue weighted by molar-refractivity contribution is 5.95. The minimum absolute atomic E-state index is 0.0625. The van der Waals surface area contributed by atoms with Crippen molar-refractivity contribution in [1.82, 2.24) is 9.80 Å². The molecule has 2 amide bonds. The third-order valence-electron chi connectivity index (χ3n) is 3.57. The van der Waals surface area contributed by atoms with Crippen LogP contribution in [0, 0.1) is 11.7 Å². The van der Waals surface area contributed by atoms with Crippen LogP contribution in [0.3, 0.4) is 0 Å². The topological polar surface area (TPSA) is 40.6 Å². The molecule has 4 nitrogen and oxygen atoms in total. The van der Waals surface area contributed by atoms with Gasteiger partial charge < -0.3 is 9.80 Å². The van der Waals surface area contributed by atoms with Crippen LogP contribution in [0.15, 0.2) is 24.3 Å². The second-order valence-electron chi connectivity index (χ2n) is 5.76. The van der Waals surface area contributed by atoms with E-state index in [4.69, 9.17) is 0 Å². The SMILES string of the molecule is CC(C)CN1CCN(C(=O)c2ccccc2F)CCC1=O. The largest absolute Gasteiger partial charge is 0.341 e. The fourth-order valence-electron chi connectivity index (χ4n) is 2.51. The minimum Gasteiger partial charge on any atom is -0.341 e. The van der Waals surface area contributed by atoms with E-state index in [-0.39, 0.29) is 17.4 Å². The van der Waals surface area contributed by atoms with E-state index in [0.717, 1.165) is 0 Å². The lowest BCUT2D eigenvalue weighted by Gasteiger charge is -2.23. The van der Waals surface area contributed by atoms with Gasteiger partial charge in [-0.2, -0.15) is 0 Å². The zero-order valence-electron chi connectivity index (χ0n) is 12.5. The third-order valence-corrected chi connectivity index (χ3v) is 3.57. The zero-order chi connectivity index (χ0) is 15.4. The Kier molecular flexibility index (Phi) is 4.94. The Bertz CT molecular complexity index is 531. The molecule has 0 unspecified atom stereocenters. The standard InChI is InChI=1S/C16H21FN2O2/c1-12(2)11-19-10-9-18(8-7-15(19)20)16(21)13-5-3-4-6-14(13)17/h3-6,12H,7-11H2,1-2H3. The van der Waals surface area contributed by atoms with E-state index in [1.165, 1.54) is 12.1 Å². The van der Waals surface area contributed by atoms with Crippen molar-refractivity contribution in [2.24, 2.45) is 5.92 Å². The van der Waals surface area contributed by atoms with Crippen LogP contribution in [0.2, 0.25) is 0 Å². The number of nitrogens with zero attached hydrogens (tertiary/aromatic N) is 2. The highest BCUT2D eigenvalue weighted by Gasteiger charge is 2.25. The molecule has 1 aromatic carbocycles. The van der Waals surface area contributed by atoms with Crippen LogP contribution in [-0.2, 0) is 4.79 Å². The van der Waals surface area contributed by atoms with Crippen LogP contribution in [0.25, 0.3) is 0 Å². The first-order valence-electron chi connectivity index (χ1n) is 7.30. The first kappa shape index (κ1) is 15.5. The van der Waals surface area contributed by atoms with E-state index < -0.39 is 5.82 Å². The summed E-state index contributed by atoms with van der Waals surface area (Å²) in [4.78, 5) is 27.8. The van der Waals surface area contributed by atoms with Crippen LogP contribution in [0.5, 0.6) is 0 Å². The Labute approximate surface area is 124 Å². The van der Waals surface area contributed by atoms with Crippen LogP contribution in [0.1, 0.15) is 30.6 Å². The van der Waals surface area contributed by atoms with E-state index in [2.05, 4.69) is 13.8 Å². The van der Waals surface area contributed by atoms with Crippen molar-refractivity contribution in [2.75, 3.05) is 26.2 Å². The molecule has 1 saturated heterocycles. The van der Waals surface area contributed by atoms with Crippen molar-refractivity contribution in [3.63, 3.8) is 0 Å². The van der Waals surface area contributed by atoms with Crippen molar-refractivity contribution in [3.05, 3.63) is 35.6 Å². The lowest BCUT2D eigenvalue weighted by Crippen LogP contribution is -2.37. The number of carbonyl (C=O) groups is 2. The highest BCUT2D eigenvalue weighted by atomic mass is 19.1. The molecule has 0 N–H and O–H groups in total. The molecule has 0 radical (unpaired) electrons. The summed E-state index contributed by atoms with van der Waals surface area (Å²) in [5.74, 6) is -0.403. The molecule has 2 rings (SSSR count). The summed E-state index contributed by atoms with van der Waals surface area (Å²) in [6.07, 6.45) is 0.299. The van der Waals surface area contributed by atoms with E-state index >= 15 is 0 Å². The molecule has 1 heterocycles. The fraction of sp³-hybridized carbons (Fsp3) is 0.500. The summed E-state index contributed by atoms with van der Waals surface area (Å²) in [6.45, 7) is 6.12. The van der Waals surface area contributed by atoms with Crippen LogP contribution in [-0.4, -0.2) is 47.8 Å². The van der Waals surface area contributed by atoms with Crippen molar-refractivity contribution in [1.29, 1.82) is 0 Å². The molecular formula is C16H21FN2O2. The van der Waals surface area contributed by atoms with Crippen LogP contribution < -0.4 is 0 Å². The predicted molar refractivity (Wildman–Crippen MR) is 78.3 cm³/mol. The van der Waals surface area contributed by atoms with Gasteiger partial charge >= 0.3 is 0 Å². The fourth-order valence-corrected chi connectivity index (χ4v) is 2.51. The normalized spacial score (nSPS) is 16.3. The highest BCUT2D eigenvalue weighted by Crippen LogP contribution is 2.13. The number of hydrogen-bond acceptors (Lipinski definition) is 2. The average molecular weight is 292 g/mol. The van der Waals surface area contributed by atoms with Crippen LogP contribution >= 0.6 is 0 Å². The van der Waals surface area contributed by atoms with Gasteiger partial charge in [-0.05, 0) is 18.1 Å². The van der Waals surface area contributed by atoms with Gasteiger partial charge in [0.2, 0.25) is 5.91 Å². The molecule has 5 heteroatoms. The second-order valence-corrected chi connectivity index (χ2v) is 5.76. The van der Waals surface area contributed by atoms with E-state index in [1.807, 2.05) is 0 Å². The maximum Gasteiger partial charge on any atom is 0.256 e. The number of hydrogen-bond donors (Lipinski definition) is 0. The Morgan fingerprint density at radius 2 is 1.95 bits per heavy atom. The van der Waals surface area contributed by atoms with Gasteiger partial charge in [0, 0.05) is 32.6 Å². The molecule has 1 aromatic rings. The molecule has 1 aliphatic rings. The van der Waals surface area contributed by atoms with Crippen molar-refractivity contribution in [3.8, 4) is 0 Å². The monoisotopic (exact) mass is 292 g/mol. The van der Waals surface area contributed by atoms with Gasteiger partial charge in [0.05, 0.1) is 5.56 Å². The first-order valence-corrected chi connectivity index (χ1v) is 7.30. The molecule has 114 valence electrons. The molecular weight excluding hydrogens is 271 g/mol. The summed E-state index contributed by atoms with van der Waals surface area (Å²) in [6, 6.07) is 5.96. The average Bonchev–Trinajstić information content (AvgIpc) is 2.61. The molecule has 0 aromatic heterocycles. The number of amides is 2. The van der Waals surface area contributed by atoms with E-state index in [0.29, 0.717) is 38.5 Å².